The standard InChI is InChI=1S/C60H96N20O18S2/c1-5-6-20-49(84)74-41(18-11-24-67-59(61)62)55(90)71-33-53(88)77-43-34-99-100-35-44(57(92)72-32-52(87)75-42(19-12-25-68-60(63)64)58(93)78-40(36(2)81)17-9-7-8-15-38(82)16-10-26-73-79-65)76-51(86)31-69-48(83)21-14-27-97-47-29-45(80(94)95)39(28-46(47)96-4)37(3)98-54(89)22-13-23-66-50(85)30-70-56(43)91/h28-29,37,40-44H,5-27,30-35H2,1-4H3,(H,66,85)(H,69,83)(H,70,91)(H,71,90)(H,72,92)(H,74,84)(H,75,87)(H,76,86)(H,77,88)(H,78,93)(H4,61,62,67)(H4,63,64,68)/t37?,40-,41-,42-,43+,44?/m0/s1. The number of methoxy groups -OCH3 is 1. The first kappa shape index (κ1) is 86.4. The molecule has 2 unspecified atom stereocenters. The molecule has 18 N–H and O–H groups in total. The number of ketones is 2. The quantitative estimate of drug-likeness (QED) is 0.00372. The maximum atomic E-state index is 14.0. The van der Waals surface area contributed by atoms with E-state index in [1.165, 1.54) is 27.0 Å². The molecule has 0 fully saturated rings. The maximum Gasteiger partial charge on any atom is 0.306 e. The van der Waals surface area contributed by atoms with Crippen LogP contribution in [-0.2, 0) is 67.1 Å². The number of nitrogens with one attached hydrogen (secondary N) is 10. The number of carbonyl (C=O) groups excluding carboxylic acids is 13. The first-order chi connectivity index (χ1) is 47.7. The fourth-order valence-electron chi connectivity index (χ4n) is 9.21. The zero-order chi connectivity index (χ0) is 74.4. The zero-order valence-corrected chi connectivity index (χ0v) is 58.4. The first-order valence-electron chi connectivity index (χ1n) is 32.6. The number of Topliss-reactive ketones (excluding diaryl/α,β-unsaturated/α-hetero) is 2. The number of azide groups is 1. The van der Waals surface area contributed by atoms with E-state index in [-0.39, 0.29) is 162 Å². The second-order valence-electron chi connectivity index (χ2n) is 22.7. The Labute approximate surface area is 586 Å². The number of hydrogen-bond acceptors (Lipinski definition) is 23. The van der Waals surface area contributed by atoms with Gasteiger partial charge in [0, 0.05) is 74.7 Å². The highest BCUT2D eigenvalue weighted by molar-refractivity contribution is 8.76. The van der Waals surface area contributed by atoms with Crippen LogP contribution in [0, 0.1) is 10.1 Å². The molecule has 100 heavy (non-hydrogen) atoms. The predicted octanol–water partition coefficient (Wildman–Crippen LogP) is -0.957. The summed E-state index contributed by atoms with van der Waals surface area (Å²) in [5.74, 6) is -10.1. The van der Waals surface area contributed by atoms with E-state index in [1.807, 2.05) is 6.92 Å². The summed E-state index contributed by atoms with van der Waals surface area (Å²) >= 11 is 0. The van der Waals surface area contributed by atoms with Gasteiger partial charge in [-0.05, 0) is 89.7 Å². The van der Waals surface area contributed by atoms with E-state index >= 15 is 0 Å². The molecule has 2 aliphatic rings. The third-order valence-electron chi connectivity index (χ3n) is 14.5. The lowest BCUT2D eigenvalue weighted by molar-refractivity contribution is -0.386. The number of ether oxygens (including phenoxy) is 3. The van der Waals surface area contributed by atoms with Crippen molar-refractivity contribution in [3.63, 3.8) is 0 Å². The molecule has 0 aliphatic carbocycles. The number of rotatable bonds is 35. The van der Waals surface area contributed by atoms with Gasteiger partial charge in [0.25, 0.3) is 5.69 Å². The highest BCUT2D eigenvalue weighted by Crippen LogP contribution is 2.39. The Morgan fingerprint density at radius 2 is 1.37 bits per heavy atom. The Balaban J connectivity index is 2.46. The minimum absolute atomic E-state index is 0.00730. The molecule has 0 saturated carbocycles. The first-order valence-corrected chi connectivity index (χ1v) is 35.1. The molecule has 2 bridgehead atoms. The van der Waals surface area contributed by atoms with Crippen LogP contribution in [0.5, 0.6) is 11.5 Å². The summed E-state index contributed by atoms with van der Waals surface area (Å²) in [6.45, 7) is 1.83. The molecular formula is C60H96N20O18S2. The number of nitro groups is 1. The van der Waals surface area contributed by atoms with E-state index in [2.05, 4.69) is 73.2 Å². The van der Waals surface area contributed by atoms with Crippen molar-refractivity contribution in [2.24, 2.45) is 38.0 Å². The molecule has 0 aromatic heterocycles. The monoisotopic (exact) mass is 1450 g/mol. The number of nitrogens with two attached hydrogens (primary N) is 4. The van der Waals surface area contributed by atoms with Gasteiger partial charge >= 0.3 is 5.97 Å². The van der Waals surface area contributed by atoms with Crippen LogP contribution < -0.4 is 85.6 Å². The van der Waals surface area contributed by atoms with Crippen LogP contribution in [0.1, 0.15) is 148 Å². The molecule has 10 amide bonds. The molecule has 0 saturated heterocycles. The lowest BCUT2D eigenvalue weighted by Gasteiger charge is -2.23. The van der Waals surface area contributed by atoms with Crippen LogP contribution >= 0.6 is 21.6 Å². The summed E-state index contributed by atoms with van der Waals surface area (Å²) in [5, 5.41) is 40.8. The second kappa shape index (κ2) is 49.7. The lowest BCUT2D eigenvalue weighted by atomic mass is 10.0. The minimum atomic E-state index is -1.51. The van der Waals surface area contributed by atoms with Gasteiger partial charge in [0.05, 0.1) is 62.5 Å². The molecule has 1 aromatic carbocycles. The fraction of sp³-hybridized carbons (Fsp3) is 0.650. The Kier molecular flexibility index (Phi) is 43.0. The largest absolute Gasteiger partial charge is 0.493 e. The number of nitrogens with zero attached hydrogens (tertiary/aromatic N) is 6. The average molecular weight is 1450 g/mol. The summed E-state index contributed by atoms with van der Waals surface area (Å²) in [7, 11) is 3.06. The van der Waals surface area contributed by atoms with Crippen molar-refractivity contribution in [3.8, 4) is 11.5 Å². The molecule has 40 heteroatoms. The van der Waals surface area contributed by atoms with Gasteiger partial charge in [0.1, 0.15) is 36.1 Å². The number of nitro benzene ring substituents is 1. The van der Waals surface area contributed by atoms with Crippen molar-refractivity contribution in [1.29, 1.82) is 0 Å². The summed E-state index contributed by atoms with van der Waals surface area (Å²) in [5.41, 5.74) is 29.8. The minimum Gasteiger partial charge on any atom is -0.493 e. The Morgan fingerprint density at radius 3 is 2.02 bits per heavy atom. The molecule has 38 nitrogen and oxygen atoms in total. The van der Waals surface area contributed by atoms with Gasteiger partial charge in [-0.15, -0.1) is 0 Å². The smallest absolute Gasteiger partial charge is 0.306 e. The second-order valence-corrected chi connectivity index (χ2v) is 25.3. The van der Waals surface area contributed by atoms with Gasteiger partial charge in [0.2, 0.25) is 59.1 Å². The number of amides is 10. The fourth-order valence-corrected chi connectivity index (χ4v) is 11.5. The van der Waals surface area contributed by atoms with Crippen LogP contribution in [0.15, 0.2) is 27.2 Å². The number of carbonyl (C=O) groups is 13. The summed E-state index contributed by atoms with van der Waals surface area (Å²) < 4.78 is 16.6. The molecule has 0 radical (unpaired) electrons. The van der Waals surface area contributed by atoms with Crippen molar-refractivity contribution in [2.75, 3.05) is 77.6 Å². The molecule has 2 aliphatic heterocycles. The molecule has 556 valence electrons. The van der Waals surface area contributed by atoms with Crippen molar-refractivity contribution >= 4 is 116 Å². The Bertz CT molecular complexity index is 3060. The highest BCUT2D eigenvalue weighted by Gasteiger charge is 2.30. The van der Waals surface area contributed by atoms with Crippen LogP contribution in [0.3, 0.4) is 0 Å². The van der Waals surface area contributed by atoms with Crippen LogP contribution in [0.4, 0.5) is 5.69 Å². The van der Waals surface area contributed by atoms with Crippen molar-refractivity contribution in [3.05, 3.63) is 38.3 Å². The van der Waals surface area contributed by atoms with Gasteiger partial charge in [-0.1, -0.05) is 52.9 Å². The Hall–Kier alpha value is -9.72. The van der Waals surface area contributed by atoms with E-state index in [9.17, 15) is 72.4 Å². The van der Waals surface area contributed by atoms with E-state index in [0.717, 1.165) is 27.7 Å². The van der Waals surface area contributed by atoms with Crippen LogP contribution in [0.2, 0.25) is 0 Å². The van der Waals surface area contributed by atoms with E-state index in [4.69, 9.17) is 42.7 Å². The number of aliphatic imine (C=N–C) groups is 2. The van der Waals surface area contributed by atoms with E-state index in [1.54, 1.807) is 0 Å². The van der Waals surface area contributed by atoms with Gasteiger partial charge in [-0.2, -0.15) is 0 Å². The maximum absolute atomic E-state index is 14.0. The number of hydrogen-bond donors (Lipinski definition) is 14. The van der Waals surface area contributed by atoms with Gasteiger partial charge in [-0.25, -0.2) is 0 Å². The summed E-state index contributed by atoms with van der Waals surface area (Å²) in [6, 6.07) is -4.03. The SMILES string of the molecule is CCCCC(=O)N[C@@H](CCCN=C(N)N)C(=O)NCC(=O)N[C@@H]1CSSCC(C(=O)NCC(=O)N[C@@H](CCCN=C(N)N)C(=O)N[C@@H](CCCCCC(=O)CCCN=[N+]=[N-])C(C)=O)NC(=O)CNC(=O)CCCOc2cc([N+](=O)[O-])c(cc2OC)C(C)OC(=O)CCCNC(=O)CNC1=O. The van der Waals surface area contributed by atoms with Crippen molar-refractivity contribution in [2.45, 2.75) is 173 Å². The molecule has 0 spiro atoms. The van der Waals surface area contributed by atoms with E-state index in [0.29, 0.717) is 38.5 Å². The number of esters is 1. The highest BCUT2D eigenvalue weighted by atomic mass is 33.1. The third kappa shape index (κ3) is 37.9. The van der Waals surface area contributed by atoms with Crippen molar-refractivity contribution < 1.29 is 81.5 Å². The normalized spacial score (nSPS) is 17.0. The third-order valence-corrected chi connectivity index (χ3v) is 16.9. The van der Waals surface area contributed by atoms with Crippen LogP contribution in [-0.4, -0.2) is 201 Å². The molecule has 3 rings (SSSR count). The topological polar surface area (TPSA) is 591 Å². The Morgan fingerprint density at radius 1 is 0.730 bits per heavy atom. The summed E-state index contributed by atoms with van der Waals surface area (Å²) in [4.78, 5) is 195. The molecule has 2 heterocycles. The van der Waals surface area contributed by atoms with Gasteiger partial charge in [0.15, 0.2) is 29.2 Å². The number of benzene rings is 1. The molecule has 6 atom stereocenters. The molecule has 1 aromatic rings. The predicted molar refractivity (Wildman–Crippen MR) is 369 cm³/mol. The van der Waals surface area contributed by atoms with E-state index < -0.39 is 138 Å². The molecular weight excluding hydrogens is 1350 g/mol. The lowest BCUT2D eigenvalue weighted by Crippen LogP contribution is -2.55. The van der Waals surface area contributed by atoms with Gasteiger partial charge < -0.3 is 90.3 Å². The van der Waals surface area contributed by atoms with Gasteiger partial charge in [-0.3, -0.25) is 82.4 Å². The number of unbranched alkanes of at least 4 members (excludes halogenated alkanes) is 3. The number of fused-ring (bicyclic) bond motifs is 27. The average Bonchev–Trinajstić information content (AvgIpc) is 0.812. The number of guanidine groups is 2. The summed E-state index contributed by atoms with van der Waals surface area (Å²) in [6.07, 6.45) is 2.88. The van der Waals surface area contributed by atoms with Crippen molar-refractivity contribution in [1.82, 2.24) is 53.2 Å². The zero-order valence-electron chi connectivity index (χ0n) is 56.8. The van der Waals surface area contributed by atoms with Crippen LogP contribution in [0.25, 0.3) is 10.4 Å².